The molecule has 0 bridgehead atoms. The standard InChI is InChI=1S/C16H17N3OS3/c1-2-3-8-21-15-18-19-16(23-15)22-10-14(20)12-9-17-13-7-5-4-6-11(12)13/h4-7,9,17H,2-3,8,10H2,1H3. The fourth-order valence-electron chi connectivity index (χ4n) is 2.12. The number of hydrogen-bond donors (Lipinski definition) is 1. The van der Waals surface area contributed by atoms with Gasteiger partial charge in [-0.25, -0.2) is 0 Å². The average molecular weight is 364 g/mol. The normalized spacial score (nSPS) is 11.2. The monoisotopic (exact) mass is 363 g/mol. The highest BCUT2D eigenvalue weighted by molar-refractivity contribution is 8.03. The first-order chi connectivity index (χ1) is 11.3. The fraction of sp³-hybridized carbons (Fsp3) is 0.312. The van der Waals surface area contributed by atoms with Gasteiger partial charge in [0.05, 0.1) is 5.75 Å². The summed E-state index contributed by atoms with van der Waals surface area (Å²) in [6, 6.07) is 7.85. The quantitative estimate of drug-likeness (QED) is 0.351. The summed E-state index contributed by atoms with van der Waals surface area (Å²) in [6.07, 6.45) is 4.16. The largest absolute Gasteiger partial charge is 0.360 e. The second kappa shape index (κ2) is 7.99. The van der Waals surface area contributed by atoms with Crippen LogP contribution in [0.1, 0.15) is 30.1 Å². The van der Waals surface area contributed by atoms with Crippen LogP contribution in [0.3, 0.4) is 0 Å². The Balaban J connectivity index is 1.59. The van der Waals surface area contributed by atoms with E-state index in [1.54, 1.807) is 29.3 Å². The number of para-hydroxylation sites is 1. The predicted octanol–water partition coefficient (Wildman–Crippen LogP) is 4.89. The van der Waals surface area contributed by atoms with Gasteiger partial charge in [0.2, 0.25) is 0 Å². The van der Waals surface area contributed by atoms with Crippen LogP contribution in [0.5, 0.6) is 0 Å². The van der Waals surface area contributed by atoms with E-state index >= 15 is 0 Å². The van der Waals surface area contributed by atoms with Crippen LogP contribution in [0.2, 0.25) is 0 Å². The second-order valence-corrected chi connectivity index (χ2v) is 8.54. The lowest BCUT2D eigenvalue weighted by molar-refractivity contribution is 0.102. The topological polar surface area (TPSA) is 58.6 Å². The molecule has 0 aliphatic rings. The first-order valence-corrected chi connectivity index (χ1v) is 10.2. The Labute approximate surface area is 147 Å². The van der Waals surface area contributed by atoms with E-state index in [2.05, 4.69) is 22.1 Å². The summed E-state index contributed by atoms with van der Waals surface area (Å²) in [6.45, 7) is 2.18. The molecule has 4 nitrogen and oxygen atoms in total. The maximum atomic E-state index is 12.4. The van der Waals surface area contributed by atoms with Gasteiger partial charge in [-0.05, 0) is 12.5 Å². The number of hydrogen-bond acceptors (Lipinski definition) is 6. The number of aromatic nitrogens is 3. The SMILES string of the molecule is CCCCSc1nnc(SCC(=O)c2c[nH]c3ccccc23)s1. The Morgan fingerprint density at radius 1 is 1.22 bits per heavy atom. The van der Waals surface area contributed by atoms with E-state index in [9.17, 15) is 4.79 Å². The summed E-state index contributed by atoms with van der Waals surface area (Å²) in [4.78, 5) is 15.6. The molecule has 1 N–H and O–H groups in total. The van der Waals surface area contributed by atoms with Gasteiger partial charge < -0.3 is 4.98 Å². The number of unbranched alkanes of at least 4 members (excludes halogenated alkanes) is 1. The van der Waals surface area contributed by atoms with Crippen molar-refractivity contribution < 1.29 is 4.79 Å². The number of carbonyl (C=O) groups excluding carboxylic acids is 1. The van der Waals surface area contributed by atoms with E-state index in [4.69, 9.17) is 0 Å². The average Bonchev–Trinajstić information content (AvgIpc) is 3.20. The molecule has 0 radical (unpaired) electrons. The number of nitrogens with zero attached hydrogens (tertiary/aromatic N) is 2. The van der Waals surface area contributed by atoms with E-state index in [0.29, 0.717) is 5.75 Å². The summed E-state index contributed by atoms with van der Waals surface area (Å²) in [5, 5.41) is 9.31. The van der Waals surface area contributed by atoms with E-state index < -0.39 is 0 Å². The molecule has 0 fully saturated rings. The smallest absolute Gasteiger partial charge is 0.175 e. The van der Waals surface area contributed by atoms with Crippen LogP contribution >= 0.6 is 34.9 Å². The summed E-state index contributed by atoms with van der Waals surface area (Å²) < 4.78 is 1.85. The van der Waals surface area contributed by atoms with Crippen LogP contribution in [0, 0.1) is 0 Å². The highest BCUT2D eigenvalue weighted by Crippen LogP contribution is 2.30. The molecular weight excluding hydrogens is 346 g/mol. The van der Waals surface area contributed by atoms with Crippen LogP contribution in [-0.4, -0.2) is 32.5 Å². The van der Waals surface area contributed by atoms with Crippen molar-refractivity contribution in [3.05, 3.63) is 36.0 Å². The zero-order chi connectivity index (χ0) is 16.1. The molecule has 1 aromatic carbocycles. The molecule has 0 atom stereocenters. The van der Waals surface area contributed by atoms with Crippen LogP contribution in [0.15, 0.2) is 39.1 Å². The number of carbonyl (C=O) groups is 1. The van der Waals surface area contributed by atoms with Gasteiger partial charge in [0.15, 0.2) is 14.5 Å². The van der Waals surface area contributed by atoms with E-state index in [1.807, 2.05) is 24.3 Å². The third-order valence-electron chi connectivity index (χ3n) is 3.33. The van der Waals surface area contributed by atoms with Crippen molar-refractivity contribution in [3.63, 3.8) is 0 Å². The Hall–Kier alpha value is -1.31. The van der Waals surface area contributed by atoms with Crippen LogP contribution in [0.4, 0.5) is 0 Å². The number of fused-ring (bicyclic) bond motifs is 1. The first-order valence-electron chi connectivity index (χ1n) is 7.46. The Morgan fingerprint density at radius 2 is 2.00 bits per heavy atom. The van der Waals surface area contributed by atoms with Crippen molar-refractivity contribution in [2.75, 3.05) is 11.5 Å². The number of Topliss-reactive ketones (excluding diaryl/α,β-unsaturated/α-hetero) is 1. The minimum Gasteiger partial charge on any atom is -0.360 e. The molecule has 2 heterocycles. The van der Waals surface area contributed by atoms with Crippen LogP contribution in [0.25, 0.3) is 10.9 Å². The van der Waals surface area contributed by atoms with Crippen molar-refractivity contribution in [3.8, 4) is 0 Å². The van der Waals surface area contributed by atoms with Crippen LogP contribution < -0.4 is 0 Å². The van der Waals surface area contributed by atoms with Gasteiger partial charge in [-0.3, -0.25) is 4.79 Å². The molecule has 0 saturated heterocycles. The highest BCUT2D eigenvalue weighted by Gasteiger charge is 2.13. The van der Waals surface area contributed by atoms with E-state index in [-0.39, 0.29) is 5.78 Å². The second-order valence-electron chi connectivity index (χ2n) is 5.00. The van der Waals surface area contributed by atoms with Crippen molar-refractivity contribution in [2.45, 2.75) is 28.4 Å². The number of thioether (sulfide) groups is 2. The van der Waals surface area contributed by atoms with Gasteiger partial charge in [-0.1, -0.05) is 66.4 Å². The molecule has 0 unspecified atom stereocenters. The van der Waals surface area contributed by atoms with Crippen LogP contribution in [-0.2, 0) is 0 Å². The van der Waals surface area contributed by atoms with Crippen molar-refractivity contribution in [1.82, 2.24) is 15.2 Å². The minimum atomic E-state index is 0.114. The lowest BCUT2D eigenvalue weighted by Gasteiger charge is -1.97. The van der Waals surface area contributed by atoms with Gasteiger partial charge in [0.1, 0.15) is 0 Å². The predicted molar refractivity (Wildman–Crippen MR) is 98.9 cm³/mol. The van der Waals surface area contributed by atoms with Crippen molar-refractivity contribution in [2.24, 2.45) is 0 Å². The number of benzene rings is 1. The lowest BCUT2D eigenvalue weighted by atomic mass is 10.1. The first kappa shape index (κ1) is 16.5. The third kappa shape index (κ3) is 4.16. The summed E-state index contributed by atoms with van der Waals surface area (Å²) in [5.74, 6) is 1.57. The van der Waals surface area contributed by atoms with E-state index in [0.717, 1.165) is 30.9 Å². The number of nitrogens with one attached hydrogen (secondary N) is 1. The number of aromatic amines is 1. The molecule has 0 spiro atoms. The number of ketones is 1. The molecule has 0 saturated carbocycles. The zero-order valence-corrected chi connectivity index (χ0v) is 15.2. The van der Waals surface area contributed by atoms with Gasteiger partial charge >= 0.3 is 0 Å². The van der Waals surface area contributed by atoms with Gasteiger partial charge in [-0.15, -0.1) is 10.2 Å². The molecule has 3 rings (SSSR count). The molecule has 2 aromatic heterocycles. The maximum Gasteiger partial charge on any atom is 0.175 e. The molecule has 0 aliphatic carbocycles. The summed E-state index contributed by atoms with van der Waals surface area (Å²) in [7, 11) is 0. The van der Waals surface area contributed by atoms with Crippen molar-refractivity contribution >= 4 is 51.5 Å². The highest BCUT2D eigenvalue weighted by atomic mass is 32.2. The Kier molecular flexibility index (Phi) is 5.75. The Morgan fingerprint density at radius 3 is 2.83 bits per heavy atom. The molecule has 120 valence electrons. The van der Waals surface area contributed by atoms with Crippen molar-refractivity contribution in [1.29, 1.82) is 0 Å². The molecule has 0 aliphatic heterocycles. The number of H-pyrrole nitrogens is 1. The Bertz CT molecular complexity index is 797. The maximum absolute atomic E-state index is 12.4. The van der Waals surface area contributed by atoms with E-state index in [1.165, 1.54) is 24.6 Å². The van der Waals surface area contributed by atoms with Gasteiger partial charge in [0, 0.05) is 28.4 Å². The zero-order valence-electron chi connectivity index (χ0n) is 12.7. The van der Waals surface area contributed by atoms with Gasteiger partial charge in [0.25, 0.3) is 0 Å². The lowest BCUT2D eigenvalue weighted by Crippen LogP contribution is -2.01. The third-order valence-corrected chi connectivity index (χ3v) is 6.60. The molecule has 3 aromatic rings. The molecule has 7 heteroatoms. The molecule has 23 heavy (non-hydrogen) atoms. The molecular formula is C16H17N3OS3. The summed E-state index contributed by atoms with van der Waals surface area (Å²) >= 11 is 4.77. The number of rotatable bonds is 8. The molecule has 0 amide bonds. The minimum absolute atomic E-state index is 0.114. The summed E-state index contributed by atoms with van der Waals surface area (Å²) in [5.41, 5.74) is 1.74. The fourth-order valence-corrected chi connectivity index (χ4v) is 5.18. The van der Waals surface area contributed by atoms with Gasteiger partial charge in [-0.2, -0.15) is 0 Å².